The molecule has 3 atom stereocenters. The van der Waals surface area contributed by atoms with Gasteiger partial charge in [0.1, 0.15) is 0 Å². The lowest BCUT2D eigenvalue weighted by Gasteiger charge is -2.32. The molecule has 3 unspecified atom stereocenters. The van der Waals surface area contributed by atoms with E-state index < -0.39 is 0 Å². The summed E-state index contributed by atoms with van der Waals surface area (Å²) < 4.78 is 0. The van der Waals surface area contributed by atoms with Crippen molar-refractivity contribution < 1.29 is 0 Å². The smallest absolute Gasteiger partial charge is 0.00953 e. The lowest BCUT2D eigenvalue weighted by molar-refractivity contribution is 0.243. The van der Waals surface area contributed by atoms with Gasteiger partial charge in [-0.2, -0.15) is 0 Å². The maximum absolute atomic E-state index is 3.71. The minimum Gasteiger partial charge on any atom is -0.314 e. The van der Waals surface area contributed by atoms with Crippen molar-refractivity contribution in [1.82, 2.24) is 5.32 Å². The summed E-state index contributed by atoms with van der Waals surface area (Å²) in [5, 5.41) is 3.71. The van der Waals surface area contributed by atoms with E-state index in [1.807, 2.05) is 0 Å². The van der Waals surface area contributed by atoms with Crippen molar-refractivity contribution in [3.05, 3.63) is 0 Å². The molecule has 0 aromatic carbocycles. The molecule has 1 aliphatic rings. The zero-order valence-electron chi connectivity index (χ0n) is 10.9. The van der Waals surface area contributed by atoms with Gasteiger partial charge in [0.2, 0.25) is 0 Å². The molecule has 1 heteroatoms. The van der Waals surface area contributed by atoms with Crippen LogP contribution in [0.3, 0.4) is 0 Å². The minimum absolute atomic E-state index is 0.806. The third-order valence-corrected chi connectivity index (χ3v) is 4.06. The van der Waals surface area contributed by atoms with Gasteiger partial charge in [-0.15, -0.1) is 0 Å². The van der Waals surface area contributed by atoms with Gasteiger partial charge in [0.25, 0.3) is 0 Å². The topological polar surface area (TPSA) is 12.0 Å². The summed E-state index contributed by atoms with van der Waals surface area (Å²) in [6.45, 7) is 8.32. The zero-order chi connectivity index (χ0) is 11.1. The Bertz CT molecular complexity index is 155. The Kier molecular flexibility index (Phi) is 6.31. The van der Waals surface area contributed by atoms with Crippen molar-refractivity contribution in [2.45, 2.75) is 71.8 Å². The molecule has 1 nitrogen and oxygen atoms in total. The monoisotopic (exact) mass is 211 g/mol. The van der Waals surface area contributed by atoms with Crippen LogP contribution < -0.4 is 5.32 Å². The van der Waals surface area contributed by atoms with E-state index in [2.05, 4.69) is 26.1 Å². The number of hydrogen-bond donors (Lipinski definition) is 1. The molecule has 1 heterocycles. The Balaban J connectivity index is 2.29. The van der Waals surface area contributed by atoms with Crippen LogP contribution >= 0.6 is 0 Å². The normalized spacial score (nSPS) is 29.0. The van der Waals surface area contributed by atoms with Crippen LogP contribution in [0.25, 0.3) is 0 Å². The molecular formula is C14H29N. The number of hydrogen-bond acceptors (Lipinski definition) is 1. The number of nitrogens with one attached hydrogen (secondary N) is 1. The lowest BCUT2D eigenvalue weighted by Crippen LogP contribution is -2.41. The molecule has 0 aromatic rings. The Morgan fingerprint density at radius 3 is 2.73 bits per heavy atom. The van der Waals surface area contributed by atoms with E-state index in [-0.39, 0.29) is 0 Å². The van der Waals surface area contributed by atoms with Gasteiger partial charge in [-0.05, 0) is 37.6 Å². The van der Waals surface area contributed by atoms with Crippen molar-refractivity contribution in [3.8, 4) is 0 Å². The van der Waals surface area contributed by atoms with E-state index in [1.54, 1.807) is 0 Å². The highest BCUT2D eigenvalue weighted by Crippen LogP contribution is 2.25. The molecule has 1 N–H and O–H groups in total. The highest BCUT2D eigenvalue weighted by Gasteiger charge is 2.23. The van der Waals surface area contributed by atoms with Crippen LogP contribution in [0.2, 0.25) is 0 Å². The second-order valence-electron chi connectivity index (χ2n) is 5.33. The highest BCUT2D eigenvalue weighted by atomic mass is 14.9. The number of rotatable bonds is 6. The fourth-order valence-corrected chi connectivity index (χ4v) is 2.77. The van der Waals surface area contributed by atoms with Crippen molar-refractivity contribution in [2.75, 3.05) is 6.54 Å². The van der Waals surface area contributed by atoms with Crippen molar-refractivity contribution in [3.63, 3.8) is 0 Å². The molecule has 0 aromatic heterocycles. The van der Waals surface area contributed by atoms with E-state index in [4.69, 9.17) is 0 Å². The van der Waals surface area contributed by atoms with Crippen LogP contribution in [-0.2, 0) is 0 Å². The van der Waals surface area contributed by atoms with E-state index in [1.165, 1.54) is 51.5 Å². The first-order chi connectivity index (χ1) is 7.27. The second-order valence-corrected chi connectivity index (χ2v) is 5.33. The maximum Gasteiger partial charge on any atom is 0.00953 e. The van der Waals surface area contributed by atoms with Crippen LogP contribution in [-0.4, -0.2) is 12.6 Å². The molecular weight excluding hydrogens is 182 g/mol. The average molecular weight is 211 g/mol. The first-order valence-corrected chi connectivity index (χ1v) is 7.01. The lowest BCUT2D eigenvalue weighted by atomic mass is 9.83. The molecule has 0 aliphatic carbocycles. The average Bonchev–Trinajstić information content (AvgIpc) is 2.26. The first-order valence-electron chi connectivity index (χ1n) is 7.01. The van der Waals surface area contributed by atoms with Crippen LogP contribution in [0.5, 0.6) is 0 Å². The molecule has 1 saturated heterocycles. The Hall–Kier alpha value is -0.0400. The largest absolute Gasteiger partial charge is 0.314 e. The standard InChI is InChI=1S/C14H29N/c1-4-6-9-13(5-2)11-14-12(3)8-7-10-15-14/h12-15H,4-11H2,1-3H3. The van der Waals surface area contributed by atoms with E-state index >= 15 is 0 Å². The number of unbranched alkanes of at least 4 members (excludes halogenated alkanes) is 1. The van der Waals surface area contributed by atoms with Gasteiger partial charge in [-0.25, -0.2) is 0 Å². The van der Waals surface area contributed by atoms with Gasteiger partial charge >= 0.3 is 0 Å². The van der Waals surface area contributed by atoms with Crippen LogP contribution in [0.4, 0.5) is 0 Å². The minimum atomic E-state index is 0.806. The summed E-state index contributed by atoms with van der Waals surface area (Å²) >= 11 is 0. The Morgan fingerprint density at radius 1 is 1.33 bits per heavy atom. The summed E-state index contributed by atoms with van der Waals surface area (Å²) in [7, 11) is 0. The van der Waals surface area contributed by atoms with Gasteiger partial charge in [0.15, 0.2) is 0 Å². The van der Waals surface area contributed by atoms with Crippen LogP contribution in [0.1, 0.15) is 65.7 Å². The molecule has 1 aliphatic heterocycles. The highest BCUT2D eigenvalue weighted by molar-refractivity contribution is 4.80. The summed E-state index contributed by atoms with van der Waals surface area (Å²) in [6.07, 6.45) is 9.80. The zero-order valence-corrected chi connectivity index (χ0v) is 10.9. The summed E-state index contributed by atoms with van der Waals surface area (Å²) in [6, 6.07) is 0.806. The van der Waals surface area contributed by atoms with Gasteiger partial charge in [-0.3, -0.25) is 0 Å². The Labute approximate surface area is 96.0 Å². The van der Waals surface area contributed by atoms with Crippen molar-refractivity contribution in [1.29, 1.82) is 0 Å². The molecule has 0 amide bonds. The second kappa shape index (κ2) is 7.27. The molecule has 90 valence electrons. The van der Waals surface area contributed by atoms with Gasteiger partial charge < -0.3 is 5.32 Å². The van der Waals surface area contributed by atoms with Crippen LogP contribution in [0.15, 0.2) is 0 Å². The summed E-state index contributed by atoms with van der Waals surface area (Å²) in [4.78, 5) is 0. The Morgan fingerprint density at radius 2 is 2.13 bits per heavy atom. The SMILES string of the molecule is CCCCC(CC)CC1NCCCC1C. The molecule has 0 radical (unpaired) electrons. The maximum atomic E-state index is 3.71. The fourth-order valence-electron chi connectivity index (χ4n) is 2.77. The third kappa shape index (κ3) is 4.55. The quantitative estimate of drug-likeness (QED) is 0.700. The van der Waals surface area contributed by atoms with E-state index in [9.17, 15) is 0 Å². The predicted molar refractivity (Wildman–Crippen MR) is 68.1 cm³/mol. The van der Waals surface area contributed by atoms with Gasteiger partial charge in [0, 0.05) is 6.04 Å². The van der Waals surface area contributed by atoms with Gasteiger partial charge in [0.05, 0.1) is 0 Å². The fraction of sp³-hybridized carbons (Fsp3) is 1.00. The molecule has 1 rings (SSSR count). The van der Waals surface area contributed by atoms with E-state index in [0.29, 0.717) is 0 Å². The first kappa shape index (κ1) is 13.0. The predicted octanol–water partition coefficient (Wildman–Crippen LogP) is 3.98. The molecule has 0 bridgehead atoms. The number of piperidine rings is 1. The summed E-state index contributed by atoms with van der Waals surface area (Å²) in [5.41, 5.74) is 0. The molecule has 1 fully saturated rings. The van der Waals surface area contributed by atoms with Gasteiger partial charge in [-0.1, -0.05) is 46.5 Å². The summed E-state index contributed by atoms with van der Waals surface area (Å²) in [5.74, 6) is 1.86. The molecule has 15 heavy (non-hydrogen) atoms. The third-order valence-electron chi connectivity index (χ3n) is 4.06. The van der Waals surface area contributed by atoms with Crippen LogP contribution in [0, 0.1) is 11.8 Å². The van der Waals surface area contributed by atoms with E-state index in [0.717, 1.165) is 17.9 Å². The van der Waals surface area contributed by atoms with Crippen molar-refractivity contribution >= 4 is 0 Å². The molecule has 0 saturated carbocycles. The molecule has 0 spiro atoms. The van der Waals surface area contributed by atoms with Crippen molar-refractivity contribution in [2.24, 2.45) is 11.8 Å².